The monoisotopic (exact) mass is 521 g/mol. The van der Waals surface area contributed by atoms with Crippen LogP contribution in [0, 0.1) is 13.8 Å². The minimum Gasteiger partial charge on any atom is -0.444 e. The minimum atomic E-state index is -0.658. The van der Waals surface area contributed by atoms with Crippen molar-refractivity contribution >= 4 is 40.4 Å². The molecule has 2 heterocycles. The molecule has 2 aromatic carbocycles. The van der Waals surface area contributed by atoms with Crippen molar-refractivity contribution < 1.29 is 18.7 Å². The first-order valence-electron chi connectivity index (χ1n) is 12.0. The van der Waals surface area contributed by atoms with Crippen LogP contribution in [0.15, 0.2) is 58.3 Å². The largest absolute Gasteiger partial charge is 0.444 e. The molecule has 0 aliphatic heterocycles. The molecule has 0 bridgehead atoms. The van der Waals surface area contributed by atoms with Gasteiger partial charge < -0.3 is 24.8 Å². The van der Waals surface area contributed by atoms with Crippen LogP contribution in [0.5, 0.6) is 0 Å². The molecule has 2 amide bonds. The molecule has 0 saturated heterocycles. The molecule has 4 rings (SSSR count). The van der Waals surface area contributed by atoms with Crippen LogP contribution in [0.1, 0.15) is 49.4 Å². The Labute approximate surface area is 219 Å². The second kappa shape index (κ2) is 11.1. The first-order valence-corrected chi connectivity index (χ1v) is 12.9. The topological polar surface area (TPSA) is 122 Å². The number of rotatable bonds is 8. The molecule has 37 heavy (non-hydrogen) atoms. The summed E-state index contributed by atoms with van der Waals surface area (Å²) in [6, 6.07) is 13.1. The van der Waals surface area contributed by atoms with Crippen LogP contribution in [0.3, 0.4) is 0 Å². The number of nitrogens with zero attached hydrogens (tertiary/aromatic N) is 2. The van der Waals surface area contributed by atoms with Gasteiger partial charge in [-0.25, -0.2) is 4.79 Å². The number of nitrogens with one attached hydrogen (secondary N) is 3. The van der Waals surface area contributed by atoms with Gasteiger partial charge in [-0.05, 0) is 57.9 Å². The van der Waals surface area contributed by atoms with Gasteiger partial charge >= 0.3 is 6.09 Å². The molecule has 1 atom stereocenters. The molecule has 4 aromatic rings. The standard InChI is InChI=1S/C27H31N5O4S/c1-16-10-11-20(17(2)12-16)29-23(33)15-37-26-32-31-24(35-26)22(30-25(34)36-27(3,4)5)13-18-14-28-21-9-7-6-8-19(18)21/h6-12,14,22,28H,13,15H2,1-5H3,(H,29,33)(H,30,34)/t22-/m1/s1. The molecule has 0 saturated carbocycles. The Morgan fingerprint density at radius 2 is 1.92 bits per heavy atom. The average molecular weight is 522 g/mol. The van der Waals surface area contributed by atoms with Crippen LogP contribution in [0.25, 0.3) is 10.9 Å². The molecule has 3 N–H and O–H groups in total. The van der Waals surface area contributed by atoms with Crippen molar-refractivity contribution in [1.29, 1.82) is 0 Å². The Morgan fingerprint density at radius 3 is 2.68 bits per heavy atom. The molecule has 10 heteroatoms. The maximum absolute atomic E-state index is 12.6. The number of aromatic amines is 1. The van der Waals surface area contributed by atoms with E-state index in [1.54, 1.807) is 20.8 Å². The summed E-state index contributed by atoms with van der Waals surface area (Å²) < 4.78 is 11.3. The lowest BCUT2D eigenvalue weighted by Crippen LogP contribution is -2.36. The van der Waals surface area contributed by atoms with E-state index in [-0.39, 0.29) is 22.8 Å². The highest BCUT2D eigenvalue weighted by Crippen LogP contribution is 2.27. The Morgan fingerprint density at radius 1 is 1.14 bits per heavy atom. The lowest BCUT2D eigenvalue weighted by Gasteiger charge is -2.22. The predicted molar refractivity (Wildman–Crippen MR) is 144 cm³/mol. The van der Waals surface area contributed by atoms with Crippen LogP contribution in [-0.2, 0) is 16.0 Å². The fourth-order valence-corrected chi connectivity index (χ4v) is 4.43. The SMILES string of the molecule is Cc1ccc(NC(=O)CSc2nnc([C@@H](Cc3c[nH]c4ccccc34)NC(=O)OC(C)(C)C)o2)c(C)c1. The molecular formula is C27H31N5O4S. The van der Waals surface area contributed by atoms with Crippen molar-refractivity contribution in [3.8, 4) is 0 Å². The molecule has 0 spiro atoms. The molecule has 0 fully saturated rings. The van der Waals surface area contributed by atoms with Crippen LogP contribution >= 0.6 is 11.8 Å². The number of aromatic nitrogens is 3. The number of para-hydroxylation sites is 1. The minimum absolute atomic E-state index is 0.0988. The van der Waals surface area contributed by atoms with Crippen molar-refractivity contribution in [2.24, 2.45) is 0 Å². The van der Waals surface area contributed by atoms with Gasteiger partial charge in [-0.15, -0.1) is 10.2 Å². The quantitative estimate of drug-likeness (QED) is 0.254. The lowest BCUT2D eigenvalue weighted by atomic mass is 10.1. The van der Waals surface area contributed by atoms with Gasteiger partial charge in [-0.3, -0.25) is 4.79 Å². The number of hydrogen-bond donors (Lipinski definition) is 3. The van der Waals surface area contributed by atoms with E-state index in [1.807, 2.05) is 62.5 Å². The average Bonchev–Trinajstić information content (AvgIpc) is 3.45. The third kappa shape index (κ3) is 7.13. The Hall–Kier alpha value is -3.79. The van der Waals surface area contributed by atoms with E-state index in [9.17, 15) is 9.59 Å². The summed E-state index contributed by atoms with van der Waals surface area (Å²) in [6.45, 7) is 9.35. The van der Waals surface area contributed by atoms with E-state index >= 15 is 0 Å². The van der Waals surface area contributed by atoms with Crippen LogP contribution in [0.2, 0.25) is 0 Å². The number of H-pyrrole nitrogens is 1. The third-order valence-electron chi connectivity index (χ3n) is 5.49. The van der Waals surface area contributed by atoms with Gasteiger partial charge in [-0.1, -0.05) is 47.7 Å². The third-order valence-corrected chi connectivity index (χ3v) is 6.31. The van der Waals surface area contributed by atoms with E-state index in [0.29, 0.717) is 6.42 Å². The molecule has 9 nitrogen and oxygen atoms in total. The van der Waals surface area contributed by atoms with Crippen LogP contribution < -0.4 is 10.6 Å². The van der Waals surface area contributed by atoms with Gasteiger partial charge in [0, 0.05) is 29.2 Å². The second-order valence-corrected chi connectivity index (χ2v) is 10.8. The van der Waals surface area contributed by atoms with Crippen molar-refractivity contribution in [3.05, 3.63) is 71.2 Å². The summed E-state index contributed by atoms with van der Waals surface area (Å²) in [7, 11) is 0. The highest BCUT2D eigenvalue weighted by atomic mass is 32.2. The zero-order valence-electron chi connectivity index (χ0n) is 21.5. The molecular weight excluding hydrogens is 490 g/mol. The first kappa shape index (κ1) is 26.3. The maximum atomic E-state index is 12.6. The van der Waals surface area contributed by atoms with E-state index in [4.69, 9.17) is 9.15 Å². The number of alkyl carbamates (subject to hydrolysis) is 1. The molecule has 0 radical (unpaired) electrons. The van der Waals surface area contributed by atoms with Gasteiger partial charge in [0.05, 0.1) is 5.75 Å². The van der Waals surface area contributed by atoms with Gasteiger partial charge in [0.15, 0.2) is 0 Å². The fourth-order valence-electron chi connectivity index (χ4n) is 3.86. The molecule has 0 unspecified atom stereocenters. The first-order chi connectivity index (χ1) is 17.6. The fraction of sp³-hybridized carbons (Fsp3) is 0.333. The lowest BCUT2D eigenvalue weighted by molar-refractivity contribution is -0.113. The van der Waals surface area contributed by atoms with E-state index in [2.05, 4.69) is 25.8 Å². The Kier molecular flexibility index (Phi) is 7.87. The number of anilines is 1. The number of ether oxygens (including phenoxy) is 1. The second-order valence-electron chi connectivity index (χ2n) is 9.82. The zero-order valence-corrected chi connectivity index (χ0v) is 22.4. The highest BCUT2D eigenvalue weighted by molar-refractivity contribution is 7.99. The van der Waals surface area contributed by atoms with Crippen molar-refractivity contribution in [2.45, 2.75) is 57.9 Å². The van der Waals surface area contributed by atoms with E-state index in [1.165, 1.54) is 0 Å². The summed E-state index contributed by atoms with van der Waals surface area (Å²) >= 11 is 1.13. The van der Waals surface area contributed by atoms with Crippen LogP contribution in [-0.4, -0.2) is 38.5 Å². The van der Waals surface area contributed by atoms with E-state index in [0.717, 1.165) is 45.0 Å². The molecule has 2 aromatic heterocycles. The summed E-state index contributed by atoms with van der Waals surface area (Å²) in [5.74, 6) is 0.147. The van der Waals surface area contributed by atoms with Crippen molar-refractivity contribution in [3.63, 3.8) is 0 Å². The van der Waals surface area contributed by atoms with Crippen molar-refractivity contribution in [2.75, 3.05) is 11.1 Å². The van der Waals surface area contributed by atoms with Gasteiger partial charge in [0.2, 0.25) is 11.8 Å². The predicted octanol–water partition coefficient (Wildman–Crippen LogP) is 5.71. The molecule has 0 aliphatic carbocycles. The number of fused-ring (bicyclic) bond motifs is 1. The number of amides is 2. The maximum Gasteiger partial charge on any atom is 0.408 e. The van der Waals surface area contributed by atoms with Gasteiger partial charge in [-0.2, -0.15) is 0 Å². The van der Waals surface area contributed by atoms with Crippen LogP contribution in [0.4, 0.5) is 10.5 Å². The summed E-state index contributed by atoms with van der Waals surface area (Å²) in [4.78, 5) is 28.3. The smallest absolute Gasteiger partial charge is 0.408 e. The number of aryl methyl sites for hydroxylation is 2. The van der Waals surface area contributed by atoms with Gasteiger partial charge in [0.1, 0.15) is 11.6 Å². The van der Waals surface area contributed by atoms with Crippen molar-refractivity contribution in [1.82, 2.24) is 20.5 Å². The Balaban J connectivity index is 1.46. The zero-order chi connectivity index (χ0) is 26.6. The number of carbonyl (C=O) groups excluding carboxylic acids is 2. The Bertz CT molecular complexity index is 1410. The molecule has 0 aliphatic rings. The number of benzene rings is 2. The molecule has 194 valence electrons. The number of thioether (sulfide) groups is 1. The summed E-state index contributed by atoms with van der Waals surface area (Å²) in [6.07, 6.45) is 1.72. The van der Waals surface area contributed by atoms with Gasteiger partial charge in [0.25, 0.3) is 5.22 Å². The normalized spacial score (nSPS) is 12.4. The number of hydrogen-bond acceptors (Lipinski definition) is 7. The van der Waals surface area contributed by atoms with E-state index < -0.39 is 17.7 Å². The number of carbonyl (C=O) groups is 2. The summed E-state index contributed by atoms with van der Waals surface area (Å²) in [5, 5.41) is 15.3. The highest BCUT2D eigenvalue weighted by Gasteiger charge is 2.26. The summed E-state index contributed by atoms with van der Waals surface area (Å²) in [5.41, 5.74) is 4.20.